The second-order valence-electron chi connectivity index (χ2n) is 8.86. The zero-order chi connectivity index (χ0) is 22.2. The number of carbonyl (C=O) groups is 2. The first kappa shape index (κ1) is 21.3. The predicted octanol–water partition coefficient (Wildman–Crippen LogP) is 4.30. The van der Waals surface area contributed by atoms with Crippen molar-refractivity contribution >= 4 is 28.4 Å². The molecule has 2 unspecified atom stereocenters. The van der Waals surface area contributed by atoms with Crippen molar-refractivity contribution in [3.8, 4) is 0 Å². The van der Waals surface area contributed by atoms with Gasteiger partial charge in [0.1, 0.15) is 5.82 Å². The first-order valence-corrected chi connectivity index (χ1v) is 10.6. The van der Waals surface area contributed by atoms with Crippen molar-refractivity contribution in [2.24, 2.45) is 11.3 Å². The zero-order valence-corrected chi connectivity index (χ0v) is 17.5. The standard InChI is InChI=1S/C24H27FN2O4/c1-15-10-17(22(28)29)13-24(12-15,23(30)31)6-9-27-7-4-16(5-8-27)20-14-26-21-11-18(25)2-3-19(20)21/h2-4,10-11,14-15,26H,5-9,12-13H2,1H3,(H,28,29)(H,30,31). The topological polar surface area (TPSA) is 93.6 Å². The van der Waals surface area contributed by atoms with Crippen LogP contribution in [-0.4, -0.2) is 51.7 Å². The Morgan fingerprint density at radius 1 is 1.32 bits per heavy atom. The molecule has 0 bridgehead atoms. The minimum Gasteiger partial charge on any atom is -0.481 e. The van der Waals surface area contributed by atoms with Crippen LogP contribution in [0.15, 0.2) is 42.1 Å². The number of nitrogens with zero attached hydrogens (tertiary/aromatic N) is 1. The van der Waals surface area contributed by atoms with Crippen LogP contribution in [0.25, 0.3) is 16.5 Å². The highest BCUT2D eigenvalue weighted by molar-refractivity contribution is 5.93. The molecule has 1 aliphatic carbocycles. The summed E-state index contributed by atoms with van der Waals surface area (Å²) >= 11 is 0. The number of hydrogen-bond donors (Lipinski definition) is 3. The van der Waals surface area contributed by atoms with Crippen LogP contribution in [0.5, 0.6) is 0 Å². The summed E-state index contributed by atoms with van der Waals surface area (Å²) in [4.78, 5) is 29.0. The Bertz CT molecular complexity index is 1090. The number of H-pyrrole nitrogens is 1. The molecule has 0 radical (unpaired) electrons. The monoisotopic (exact) mass is 426 g/mol. The maximum atomic E-state index is 13.4. The lowest BCUT2D eigenvalue weighted by atomic mass is 9.68. The summed E-state index contributed by atoms with van der Waals surface area (Å²) in [6.07, 6.45) is 7.52. The van der Waals surface area contributed by atoms with E-state index >= 15 is 0 Å². The van der Waals surface area contributed by atoms with E-state index < -0.39 is 17.4 Å². The largest absolute Gasteiger partial charge is 0.481 e. The third-order valence-corrected chi connectivity index (χ3v) is 6.65. The van der Waals surface area contributed by atoms with Gasteiger partial charge < -0.3 is 15.2 Å². The molecule has 1 aromatic carbocycles. The van der Waals surface area contributed by atoms with Crippen LogP contribution in [0.1, 0.15) is 38.2 Å². The molecule has 4 rings (SSSR count). The lowest BCUT2D eigenvalue weighted by Crippen LogP contribution is -2.41. The smallest absolute Gasteiger partial charge is 0.331 e. The van der Waals surface area contributed by atoms with Crippen molar-refractivity contribution in [1.82, 2.24) is 9.88 Å². The van der Waals surface area contributed by atoms with E-state index in [0.29, 0.717) is 25.9 Å². The molecule has 2 heterocycles. The molecule has 2 atom stereocenters. The molecule has 0 fully saturated rings. The first-order chi connectivity index (χ1) is 14.8. The summed E-state index contributed by atoms with van der Waals surface area (Å²) in [5.41, 5.74) is 2.22. The number of rotatable bonds is 6. The number of carboxylic acid groups (broad SMARTS) is 2. The Morgan fingerprint density at radius 3 is 2.81 bits per heavy atom. The molecule has 0 saturated heterocycles. The summed E-state index contributed by atoms with van der Waals surface area (Å²) in [7, 11) is 0. The number of aromatic amines is 1. The van der Waals surface area contributed by atoms with Crippen molar-refractivity contribution in [3.63, 3.8) is 0 Å². The van der Waals surface area contributed by atoms with Crippen molar-refractivity contribution in [1.29, 1.82) is 0 Å². The third-order valence-electron chi connectivity index (χ3n) is 6.65. The fraction of sp³-hybridized carbons (Fsp3) is 0.417. The van der Waals surface area contributed by atoms with Crippen LogP contribution >= 0.6 is 0 Å². The number of carboxylic acids is 2. The van der Waals surface area contributed by atoms with Gasteiger partial charge in [0.2, 0.25) is 0 Å². The van der Waals surface area contributed by atoms with Gasteiger partial charge in [0.15, 0.2) is 0 Å². The highest BCUT2D eigenvalue weighted by Crippen LogP contribution is 2.42. The fourth-order valence-electron chi connectivity index (χ4n) is 5.02. The van der Waals surface area contributed by atoms with Gasteiger partial charge in [-0.1, -0.05) is 19.1 Å². The second-order valence-corrected chi connectivity index (χ2v) is 8.86. The van der Waals surface area contributed by atoms with Crippen molar-refractivity contribution < 1.29 is 24.2 Å². The molecular weight excluding hydrogens is 399 g/mol. The van der Waals surface area contributed by atoms with Crippen LogP contribution in [0.3, 0.4) is 0 Å². The van der Waals surface area contributed by atoms with Crippen molar-refractivity contribution in [3.05, 3.63) is 53.5 Å². The molecule has 3 N–H and O–H groups in total. The van der Waals surface area contributed by atoms with Gasteiger partial charge in [0, 0.05) is 41.3 Å². The fourth-order valence-corrected chi connectivity index (χ4v) is 5.02. The number of halogens is 1. The van der Waals surface area contributed by atoms with Gasteiger partial charge in [-0.25, -0.2) is 9.18 Å². The average molecular weight is 426 g/mol. The predicted molar refractivity (Wildman–Crippen MR) is 116 cm³/mol. The number of fused-ring (bicyclic) bond motifs is 1. The number of benzene rings is 1. The van der Waals surface area contributed by atoms with Crippen molar-refractivity contribution in [2.45, 2.75) is 32.6 Å². The maximum absolute atomic E-state index is 13.4. The van der Waals surface area contributed by atoms with E-state index in [4.69, 9.17) is 0 Å². The minimum absolute atomic E-state index is 0.0723. The van der Waals surface area contributed by atoms with Gasteiger partial charge in [-0.3, -0.25) is 9.69 Å². The van der Waals surface area contributed by atoms with Crippen molar-refractivity contribution in [2.75, 3.05) is 19.6 Å². The number of aromatic nitrogens is 1. The molecule has 2 aromatic rings. The highest BCUT2D eigenvalue weighted by atomic mass is 19.1. The SMILES string of the molecule is CC1C=C(C(=O)O)CC(CCN2CC=C(c3c[nH]c4cc(F)ccc34)CC2)(C(=O)O)C1. The molecule has 0 amide bonds. The molecule has 2 aliphatic rings. The molecule has 164 valence electrons. The summed E-state index contributed by atoms with van der Waals surface area (Å²) in [5.74, 6) is -2.28. The van der Waals surface area contributed by atoms with Gasteiger partial charge >= 0.3 is 11.9 Å². The molecule has 0 saturated carbocycles. The van der Waals surface area contributed by atoms with E-state index in [-0.39, 0.29) is 23.7 Å². The number of allylic oxidation sites excluding steroid dienone is 1. The number of nitrogens with one attached hydrogen (secondary N) is 1. The van der Waals surface area contributed by atoms with Crippen LogP contribution in [0, 0.1) is 17.2 Å². The second kappa shape index (κ2) is 8.30. The Kier molecular flexibility index (Phi) is 5.71. The van der Waals surface area contributed by atoms with E-state index in [1.54, 1.807) is 12.1 Å². The van der Waals surface area contributed by atoms with Crippen LogP contribution in [-0.2, 0) is 9.59 Å². The van der Waals surface area contributed by atoms with Gasteiger partial charge in [-0.15, -0.1) is 0 Å². The molecule has 1 aliphatic heterocycles. The summed E-state index contributed by atoms with van der Waals surface area (Å²) < 4.78 is 13.4. The first-order valence-electron chi connectivity index (χ1n) is 10.6. The Balaban J connectivity index is 1.44. The highest BCUT2D eigenvalue weighted by Gasteiger charge is 2.43. The van der Waals surface area contributed by atoms with E-state index in [0.717, 1.165) is 29.4 Å². The molecule has 6 nitrogen and oxygen atoms in total. The normalized spacial score (nSPS) is 24.6. The van der Waals surface area contributed by atoms with E-state index in [1.807, 2.05) is 13.1 Å². The van der Waals surface area contributed by atoms with Gasteiger partial charge in [-0.05, 0) is 61.9 Å². The van der Waals surface area contributed by atoms with Crippen LogP contribution in [0.2, 0.25) is 0 Å². The zero-order valence-electron chi connectivity index (χ0n) is 17.5. The number of hydrogen-bond acceptors (Lipinski definition) is 3. The Morgan fingerprint density at radius 2 is 2.13 bits per heavy atom. The molecule has 31 heavy (non-hydrogen) atoms. The molecule has 7 heteroatoms. The quantitative estimate of drug-likeness (QED) is 0.640. The summed E-state index contributed by atoms with van der Waals surface area (Å²) in [6.45, 7) is 3.99. The molecular formula is C24H27FN2O4. The van der Waals surface area contributed by atoms with Gasteiger partial charge in [-0.2, -0.15) is 0 Å². The summed E-state index contributed by atoms with van der Waals surface area (Å²) in [6, 6.07) is 4.74. The van der Waals surface area contributed by atoms with Crippen LogP contribution in [0.4, 0.5) is 4.39 Å². The molecule has 0 spiro atoms. The van der Waals surface area contributed by atoms with Gasteiger partial charge in [0.05, 0.1) is 5.41 Å². The lowest BCUT2D eigenvalue weighted by molar-refractivity contribution is -0.151. The molecule has 1 aromatic heterocycles. The minimum atomic E-state index is -1.03. The Labute approximate surface area is 180 Å². The van der Waals surface area contributed by atoms with Gasteiger partial charge in [0.25, 0.3) is 0 Å². The van der Waals surface area contributed by atoms with E-state index in [2.05, 4.69) is 16.0 Å². The van der Waals surface area contributed by atoms with Crippen LogP contribution < -0.4 is 0 Å². The maximum Gasteiger partial charge on any atom is 0.331 e. The third kappa shape index (κ3) is 4.28. The lowest BCUT2D eigenvalue weighted by Gasteiger charge is -2.37. The van der Waals surface area contributed by atoms with E-state index in [1.165, 1.54) is 17.7 Å². The van der Waals surface area contributed by atoms with E-state index in [9.17, 15) is 24.2 Å². The Hall–Kier alpha value is -2.93. The average Bonchev–Trinajstić information content (AvgIpc) is 3.15. The summed E-state index contributed by atoms with van der Waals surface area (Å²) in [5, 5.41) is 20.3. The number of aliphatic carboxylic acids is 2.